The maximum atomic E-state index is 5.53. The van der Waals surface area contributed by atoms with Gasteiger partial charge in [0.05, 0.1) is 25.5 Å². The molecule has 0 spiro atoms. The van der Waals surface area contributed by atoms with Gasteiger partial charge in [-0.25, -0.2) is 4.98 Å². The predicted octanol–water partition coefficient (Wildman–Crippen LogP) is 3.99. The van der Waals surface area contributed by atoms with Gasteiger partial charge in [0.25, 0.3) is 0 Å². The lowest BCUT2D eigenvalue weighted by molar-refractivity contribution is 0.164. The van der Waals surface area contributed by atoms with E-state index in [4.69, 9.17) is 14.5 Å². The SMILES string of the molecule is COc1ccc(-c2nc(CN3CCC(CCN(C)C)CC3)cs2)c(OC)c1. The van der Waals surface area contributed by atoms with Crippen LogP contribution in [0.25, 0.3) is 10.6 Å². The quantitative estimate of drug-likeness (QED) is 0.682. The fourth-order valence-electron chi connectivity index (χ4n) is 3.58. The van der Waals surface area contributed by atoms with Crippen molar-refractivity contribution in [2.45, 2.75) is 25.8 Å². The van der Waals surface area contributed by atoms with Crippen LogP contribution in [0.1, 0.15) is 25.0 Å². The minimum atomic E-state index is 0.796. The Hall–Kier alpha value is -1.63. The Balaban J connectivity index is 1.58. The summed E-state index contributed by atoms with van der Waals surface area (Å²) < 4.78 is 10.8. The average Bonchev–Trinajstić information content (AvgIpc) is 3.15. The minimum Gasteiger partial charge on any atom is -0.497 e. The van der Waals surface area contributed by atoms with Gasteiger partial charge in [0, 0.05) is 18.0 Å². The molecular formula is C21H31N3O2S. The number of rotatable bonds is 8. The molecule has 2 aromatic rings. The van der Waals surface area contributed by atoms with E-state index in [1.54, 1.807) is 25.6 Å². The number of likely N-dealkylation sites (tertiary alicyclic amines) is 1. The summed E-state index contributed by atoms with van der Waals surface area (Å²) in [6.07, 6.45) is 3.92. The fraction of sp³-hybridized carbons (Fsp3) is 0.571. The van der Waals surface area contributed by atoms with Crippen LogP contribution in [0.2, 0.25) is 0 Å². The molecule has 0 bridgehead atoms. The van der Waals surface area contributed by atoms with Gasteiger partial charge in [-0.05, 0) is 71.0 Å². The van der Waals surface area contributed by atoms with Crippen LogP contribution in [0.15, 0.2) is 23.6 Å². The zero-order valence-corrected chi connectivity index (χ0v) is 17.7. The molecule has 1 aromatic heterocycles. The van der Waals surface area contributed by atoms with E-state index in [0.29, 0.717) is 0 Å². The Morgan fingerprint density at radius 1 is 1.19 bits per heavy atom. The van der Waals surface area contributed by atoms with E-state index < -0.39 is 0 Å². The molecule has 1 fully saturated rings. The Morgan fingerprint density at radius 2 is 1.96 bits per heavy atom. The molecule has 1 aliphatic rings. The first-order valence-corrected chi connectivity index (χ1v) is 10.5. The maximum Gasteiger partial charge on any atom is 0.132 e. The summed E-state index contributed by atoms with van der Waals surface area (Å²) in [6.45, 7) is 4.49. The number of thiazole rings is 1. The molecule has 0 unspecified atom stereocenters. The number of ether oxygens (including phenoxy) is 2. The van der Waals surface area contributed by atoms with Crippen molar-refractivity contribution >= 4 is 11.3 Å². The molecule has 0 N–H and O–H groups in total. The average molecular weight is 390 g/mol. The normalized spacial score (nSPS) is 16.0. The van der Waals surface area contributed by atoms with Crippen LogP contribution >= 0.6 is 11.3 Å². The van der Waals surface area contributed by atoms with Crippen LogP contribution in [0, 0.1) is 5.92 Å². The Bertz CT molecular complexity index is 724. The lowest BCUT2D eigenvalue weighted by Crippen LogP contribution is -2.34. The molecule has 0 atom stereocenters. The van der Waals surface area contributed by atoms with Gasteiger partial charge in [0.1, 0.15) is 16.5 Å². The molecule has 0 amide bonds. The third kappa shape index (κ3) is 5.43. The van der Waals surface area contributed by atoms with Crippen molar-refractivity contribution in [2.75, 3.05) is 47.9 Å². The fourth-order valence-corrected chi connectivity index (χ4v) is 4.42. The summed E-state index contributed by atoms with van der Waals surface area (Å²) in [5.74, 6) is 2.47. The highest BCUT2D eigenvalue weighted by molar-refractivity contribution is 7.13. The molecule has 6 heteroatoms. The molecule has 0 saturated carbocycles. The number of benzene rings is 1. The highest BCUT2D eigenvalue weighted by Crippen LogP contribution is 2.35. The molecule has 1 saturated heterocycles. The van der Waals surface area contributed by atoms with Gasteiger partial charge >= 0.3 is 0 Å². The highest BCUT2D eigenvalue weighted by atomic mass is 32.1. The predicted molar refractivity (Wildman–Crippen MR) is 112 cm³/mol. The van der Waals surface area contributed by atoms with Gasteiger partial charge in [0.15, 0.2) is 0 Å². The van der Waals surface area contributed by atoms with Crippen molar-refractivity contribution < 1.29 is 9.47 Å². The second-order valence-corrected chi connectivity index (χ2v) is 8.38. The largest absolute Gasteiger partial charge is 0.497 e. The van der Waals surface area contributed by atoms with Crippen molar-refractivity contribution in [1.82, 2.24) is 14.8 Å². The van der Waals surface area contributed by atoms with E-state index >= 15 is 0 Å². The van der Waals surface area contributed by atoms with Gasteiger partial charge in [-0.1, -0.05) is 0 Å². The number of methoxy groups -OCH3 is 2. The molecule has 0 aliphatic carbocycles. The summed E-state index contributed by atoms with van der Waals surface area (Å²) in [7, 11) is 7.67. The Morgan fingerprint density at radius 3 is 2.63 bits per heavy atom. The topological polar surface area (TPSA) is 37.8 Å². The van der Waals surface area contributed by atoms with Gasteiger partial charge in [-0.3, -0.25) is 4.90 Å². The smallest absolute Gasteiger partial charge is 0.132 e. The van der Waals surface area contributed by atoms with Crippen molar-refractivity contribution in [3.05, 3.63) is 29.3 Å². The summed E-state index contributed by atoms with van der Waals surface area (Å²) >= 11 is 1.68. The Labute approximate surface area is 166 Å². The van der Waals surface area contributed by atoms with E-state index in [2.05, 4.69) is 29.3 Å². The summed E-state index contributed by atoms with van der Waals surface area (Å²) in [5.41, 5.74) is 2.18. The monoisotopic (exact) mass is 389 g/mol. The molecule has 2 heterocycles. The van der Waals surface area contributed by atoms with Crippen LogP contribution in [-0.2, 0) is 6.54 Å². The first kappa shape index (κ1) is 20.1. The van der Waals surface area contributed by atoms with Crippen LogP contribution in [0.3, 0.4) is 0 Å². The first-order valence-electron chi connectivity index (χ1n) is 9.63. The van der Waals surface area contributed by atoms with E-state index in [9.17, 15) is 0 Å². The highest BCUT2D eigenvalue weighted by Gasteiger charge is 2.20. The molecule has 1 aliphatic heterocycles. The molecule has 1 aromatic carbocycles. The molecule has 27 heavy (non-hydrogen) atoms. The van der Waals surface area contributed by atoms with Gasteiger partial charge in [0.2, 0.25) is 0 Å². The van der Waals surface area contributed by atoms with Crippen LogP contribution in [0.5, 0.6) is 11.5 Å². The molecule has 5 nitrogen and oxygen atoms in total. The third-order valence-corrected chi connectivity index (χ3v) is 6.19. The lowest BCUT2D eigenvalue weighted by Gasteiger charge is -2.32. The van der Waals surface area contributed by atoms with Gasteiger partial charge in [-0.2, -0.15) is 0 Å². The number of piperidine rings is 1. The summed E-state index contributed by atoms with van der Waals surface area (Å²) in [5, 5.41) is 3.18. The maximum absolute atomic E-state index is 5.53. The number of aromatic nitrogens is 1. The van der Waals surface area contributed by atoms with E-state index in [1.807, 2.05) is 18.2 Å². The minimum absolute atomic E-state index is 0.796. The summed E-state index contributed by atoms with van der Waals surface area (Å²) in [4.78, 5) is 9.69. The van der Waals surface area contributed by atoms with E-state index in [0.717, 1.165) is 40.2 Å². The van der Waals surface area contributed by atoms with Crippen molar-refractivity contribution in [3.63, 3.8) is 0 Å². The first-order chi connectivity index (χ1) is 13.1. The summed E-state index contributed by atoms with van der Waals surface area (Å²) in [6, 6.07) is 5.89. The van der Waals surface area contributed by atoms with Crippen LogP contribution in [-0.4, -0.2) is 62.7 Å². The van der Waals surface area contributed by atoms with Crippen molar-refractivity contribution in [3.8, 4) is 22.1 Å². The number of hydrogen-bond donors (Lipinski definition) is 0. The lowest BCUT2D eigenvalue weighted by atomic mass is 9.93. The molecular weight excluding hydrogens is 358 g/mol. The zero-order valence-electron chi connectivity index (χ0n) is 16.9. The van der Waals surface area contributed by atoms with Gasteiger partial charge < -0.3 is 14.4 Å². The molecule has 0 radical (unpaired) electrons. The van der Waals surface area contributed by atoms with Crippen LogP contribution in [0.4, 0.5) is 0 Å². The second kappa shape index (κ2) is 9.53. The van der Waals surface area contributed by atoms with Crippen LogP contribution < -0.4 is 9.47 Å². The van der Waals surface area contributed by atoms with Crippen molar-refractivity contribution in [2.24, 2.45) is 5.92 Å². The standard InChI is InChI=1S/C21H31N3O2S/c1-23(2)10-7-16-8-11-24(12-9-16)14-17-15-27-21(22-17)19-6-5-18(25-3)13-20(19)26-4/h5-6,13,15-16H,7-12,14H2,1-4H3. The molecule has 148 valence electrons. The number of nitrogens with zero attached hydrogens (tertiary/aromatic N) is 3. The van der Waals surface area contributed by atoms with E-state index in [-0.39, 0.29) is 0 Å². The van der Waals surface area contributed by atoms with E-state index in [1.165, 1.54) is 38.9 Å². The Kier molecular flexibility index (Phi) is 7.10. The van der Waals surface area contributed by atoms with Gasteiger partial charge in [-0.15, -0.1) is 11.3 Å². The zero-order chi connectivity index (χ0) is 19.2. The van der Waals surface area contributed by atoms with Crippen molar-refractivity contribution in [1.29, 1.82) is 0 Å². The third-order valence-electron chi connectivity index (χ3n) is 5.27. The number of hydrogen-bond acceptors (Lipinski definition) is 6. The second-order valence-electron chi connectivity index (χ2n) is 7.52. The molecule has 3 rings (SSSR count).